The van der Waals surface area contributed by atoms with Gasteiger partial charge in [-0.15, -0.1) is 0 Å². The van der Waals surface area contributed by atoms with E-state index in [0.29, 0.717) is 35.0 Å². The summed E-state index contributed by atoms with van der Waals surface area (Å²) in [6.45, 7) is 5.03. The fourth-order valence-corrected chi connectivity index (χ4v) is 2.55. The Kier molecular flexibility index (Phi) is 5.59. The summed E-state index contributed by atoms with van der Waals surface area (Å²) in [5.41, 5.74) is 8.46. The molecule has 0 radical (unpaired) electrons. The summed E-state index contributed by atoms with van der Waals surface area (Å²) in [6, 6.07) is 11.0. The van der Waals surface area contributed by atoms with E-state index in [0.717, 1.165) is 23.6 Å². The molecule has 3 N–H and O–H groups in total. The van der Waals surface area contributed by atoms with Gasteiger partial charge in [-0.25, -0.2) is 15.0 Å². The molecule has 0 unspecified atom stereocenters. The first kappa shape index (κ1) is 18.3. The van der Waals surface area contributed by atoms with Crippen LogP contribution in [0.3, 0.4) is 0 Å². The van der Waals surface area contributed by atoms with E-state index in [9.17, 15) is 5.26 Å². The van der Waals surface area contributed by atoms with E-state index in [4.69, 9.17) is 10.5 Å². The second kappa shape index (κ2) is 8.25. The number of nitrogens with zero attached hydrogens (tertiary/aromatic N) is 4. The van der Waals surface area contributed by atoms with Crippen LogP contribution in [0.2, 0.25) is 0 Å². The summed E-state index contributed by atoms with van der Waals surface area (Å²) in [4.78, 5) is 13.1. The average Bonchev–Trinajstić information content (AvgIpc) is 2.68. The van der Waals surface area contributed by atoms with E-state index in [1.807, 2.05) is 26.0 Å². The van der Waals surface area contributed by atoms with Gasteiger partial charge in [-0.1, -0.05) is 0 Å². The van der Waals surface area contributed by atoms with Crippen molar-refractivity contribution in [3.63, 3.8) is 0 Å². The van der Waals surface area contributed by atoms with Crippen molar-refractivity contribution in [2.75, 3.05) is 11.9 Å². The van der Waals surface area contributed by atoms with E-state index in [-0.39, 0.29) is 0 Å². The maximum atomic E-state index is 9.25. The molecule has 0 fully saturated rings. The minimum absolute atomic E-state index is 0.376. The molecule has 0 bridgehead atoms. The van der Waals surface area contributed by atoms with Crippen LogP contribution in [0, 0.1) is 18.3 Å². The minimum atomic E-state index is 0.376. The maximum absolute atomic E-state index is 9.25. The fourth-order valence-electron chi connectivity index (χ4n) is 2.55. The lowest BCUT2D eigenvalue weighted by atomic mass is 10.1. The highest BCUT2D eigenvalue weighted by Crippen LogP contribution is 2.33. The number of benzene rings is 1. The topological polar surface area (TPSA) is 110 Å². The molecule has 0 saturated heterocycles. The highest BCUT2D eigenvalue weighted by Gasteiger charge is 2.13. The molecule has 0 aliphatic carbocycles. The summed E-state index contributed by atoms with van der Waals surface area (Å²) in [6.07, 6.45) is 3.37. The van der Waals surface area contributed by atoms with Crippen LogP contribution in [0.4, 0.5) is 5.82 Å². The van der Waals surface area contributed by atoms with Crippen molar-refractivity contribution in [2.24, 2.45) is 5.73 Å². The van der Waals surface area contributed by atoms with Gasteiger partial charge in [0.15, 0.2) is 5.82 Å². The number of nitrogens with two attached hydrogens (primary N) is 1. The lowest BCUT2D eigenvalue weighted by Crippen LogP contribution is -2.01. The van der Waals surface area contributed by atoms with Gasteiger partial charge in [-0.2, -0.15) is 5.26 Å². The third-order valence-corrected chi connectivity index (χ3v) is 3.81. The van der Waals surface area contributed by atoms with Crippen molar-refractivity contribution in [2.45, 2.75) is 20.4 Å². The van der Waals surface area contributed by atoms with Crippen LogP contribution in [0.1, 0.15) is 23.7 Å². The first-order valence-electron chi connectivity index (χ1n) is 8.59. The molecule has 0 aliphatic heterocycles. The molecule has 0 amide bonds. The molecule has 2 aromatic heterocycles. The van der Waals surface area contributed by atoms with Crippen LogP contribution in [0.15, 0.2) is 42.7 Å². The summed E-state index contributed by atoms with van der Waals surface area (Å²) in [5, 5.41) is 12.4. The van der Waals surface area contributed by atoms with Crippen molar-refractivity contribution in [3.8, 4) is 29.0 Å². The number of aryl methyl sites for hydroxylation is 1. The molecular weight excluding hydrogens is 340 g/mol. The number of nitrogens with one attached hydrogen (secondary N) is 1. The lowest BCUT2D eigenvalue weighted by Gasteiger charge is -2.13. The van der Waals surface area contributed by atoms with E-state index in [1.54, 1.807) is 30.6 Å². The Morgan fingerprint density at radius 2 is 1.96 bits per heavy atom. The molecule has 2 heterocycles. The van der Waals surface area contributed by atoms with Crippen LogP contribution < -0.4 is 15.8 Å². The van der Waals surface area contributed by atoms with Crippen molar-refractivity contribution < 1.29 is 4.74 Å². The predicted molar refractivity (Wildman–Crippen MR) is 103 cm³/mol. The Bertz CT molecular complexity index is 979. The average molecular weight is 360 g/mol. The zero-order valence-electron chi connectivity index (χ0n) is 15.2. The van der Waals surface area contributed by atoms with E-state index >= 15 is 0 Å². The third-order valence-electron chi connectivity index (χ3n) is 3.81. The Balaban J connectivity index is 2.02. The maximum Gasteiger partial charge on any atom is 0.162 e. The van der Waals surface area contributed by atoms with Gasteiger partial charge in [0.2, 0.25) is 0 Å². The molecule has 27 heavy (non-hydrogen) atoms. The number of pyridine rings is 1. The monoisotopic (exact) mass is 360 g/mol. The van der Waals surface area contributed by atoms with Crippen molar-refractivity contribution in [3.05, 3.63) is 59.5 Å². The van der Waals surface area contributed by atoms with Gasteiger partial charge in [-0.3, -0.25) is 0 Å². The minimum Gasteiger partial charge on any atom is -0.456 e. The molecule has 136 valence electrons. The first-order valence-corrected chi connectivity index (χ1v) is 8.59. The highest BCUT2D eigenvalue weighted by molar-refractivity contribution is 5.66. The number of hydrogen-bond acceptors (Lipinski definition) is 7. The molecule has 0 spiro atoms. The summed E-state index contributed by atoms with van der Waals surface area (Å²) in [7, 11) is 0. The van der Waals surface area contributed by atoms with Gasteiger partial charge in [0.25, 0.3) is 0 Å². The molecule has 3 aromatic rings. The first-order chi connectivity index (χ1) is 13.1. The standard InChI is InChI=1S/C20H20N6O/c1-3-23-19-8-16(6-13(2)26-19)27-18-7-14(9-21)4-5-17(18)20-24-11-15(10-22)12-25-20/h4-8,11-12H,3,10,22H2,1-2H3,(H,23,26). The van der Waals surface area contributed by atoms with E-state index in [1.165, 1.54) is 0 Å². The number of aromatic nitrogens is 3. The zero-order chi connectivity index (χ0) is 19.2. The predicted octanol–water partition coefficient (Wildman–Crippen LogP) is 3.40. The van der Waals surface area contributed by atoms with Crippen LogP contribution >= 0.6 is 0 Å². The van der Waals surface area contributed by atoms with Gasteiger partial charge in [0.1, 0.15) is 17.3 Å². The van der Waals surface area contributed by atoms with Gasteiger partial charge in [0, 0.05) is 48.9 Å². The van der Waals surface area contributed by atoms with Gasteiger partial charge < -0.3 is 15.8 Å². The van der Waals surface area contributed by atoms with Crippen molar-refractivity contribution in [1.82, 2.24) is 15.0 Å². The van der Waals surface area contributed by atoms with Gasteiger partial charge in [-0.05, 0) is 32.0 Å². The number of rotatable bonds is 6. The Hall–Kier alpha value is -3.50. The Morgan fingerprint density at radius 1 is 1.19 bits per heavy atom. The summed E-state index contributed by atoms with van der Waals surface area (Å²) in [5.74, 6) is 2.36. The Morgan fingerprint density at radius 3 is 2.63 bits per heavy atom. The molecule has 7 nitrogen and oxygen atoms in total. The van der Waals surface area contributed by atoms with Crippen LogP contribution in [-0.4, -0.2) is 21.5 Å². The largest absolute Gasteiger partial charge is 0.456 e. The molecule has 1 aromatic carbocycles. The number of hydrogen-bond donors (Lipinski definition) is 2. The number of anilines is 1. The van der Waals surface area contributed by atoms with Gasteiger partial charge >= 0.3 is 0 Å². The molecule has 0 aliphatic rings. The smallest absolute Gasteiger partial charge is 0.162 e. The van der Waals surface area contributed by atoms with Crippen LogP contribution in [0.25, 0.3) is 11.4 Å². The lowest BCUT2D eigenvalue weighted by molar-refractivity contribution is 0.483. The molecule has 7 heteroatoms. The van der Waals surface area contributed by atoms with E-state index < -0.39 is 0 Å². The second-order valence-electron chi connectivity index (χ2n) is 5.90. The number of ether oxygens (including phenoxy) is 1. The van der Waals surface area contributed by atoms with Crippen molar-refractivity contribution >= 4 is 5.82 Å². The molecule has 3 rings (SSSR count). The Labute approximate surface area is 157 Å². The second-order valence-corrected chi connectivity index (χ2v) is 5.90. The van der Waals surface area contributed by atoms with Gasteiger partial charge in [0.05, 0.1) is 17.2 Å². The molecule has 0 saturated carbocycles. The highest BCUT2D eigenvalue weighted by atomic mass is 16.5. The van der Waals surface area contributed by atoms with Crippen LogP contribution in [-0.2, 0) is 6.54 Å². The third kappa shape index (κ3) is 4.37. The number of nitriles is 1. The molecule has 0 atom stereocenters. The van der Waals surface area contributed by atoms with Crippen LogP contribution in [0.5, 0.6) is 11.5 Å². The summed E-state index contributed by atoms with van der Waals surface area (Å²) >= 11 is 0. The summed E-state index contributed by atoms with van der Waals surface area (Å²) < 4.78 is 6.10. The fraction of sp³-hybridized carbons (Fsp3) is 0.200. The normalized spacial score (nSPS) is 10.3. The molecular formula is C20H20N6O. The SMILES string of the molecule is CCNc1cc(Oc2cc(C#N)ccc2-c2ncc(CN)cn2)cc(C)n1. The van der Waals surface area contributed by atoms with Crippen molar-refractivity contribution in [1.29, 1.82) is 5.26 Å². The quantitative estimate of drug-likeness (QED) is 0.693. The van der Waals surface area contributed by atoms with E-state index in [2.05, 4.69) is 26.3 Å². The zero-order valence-corrected chi connectivity index (χ0v) is 15.2.